The van der Waals surface area contributed by atoms with Crippen LogP contribution in [0.3, 0.4) is 0 Å². The fraction of sp³-hybridized carbons (Fsp3) is 1.00. The number of ether oxygens (including phenoxy) is 1. The zero-order chi connectivity index (χ0) is 12.1. The minimum absolute atomic E-state index is 0.745. The third-order valence-corrected chi connectivity index (χ3v) is 3.17. The molecular formula is C14H31NO. The second kappa shape index (κ2) is 13.0. The first-order chi connectivity index (χ1) is 7.85. The third-order valence-electron chi connectivity index (χ3n) is 3.17. The van der Waals surface area contributed by atoms with Gasteiger partial charge in [0.15, 0.2) is 0 Å². The van der Waals surface area contributed by atoms with Gasteiger partial charge in [-0.1, -0.05) is 52.4 Å². The summed E-state index contributed by atoms with van der Waals surface area (Å²) in [5.74, 6) is 0.961. The maximum atomic E-state index is 5.47. The number of unbranched alkanes of at least 4 members (excludes halogenated alkanes) is 2. The van der Waals surface area contributed by atoms with Crippen LogP contribution < -0.4 is 5.73 Å². The quantitative estimate of drug-likeness (QED) is 0.517. The molecule has 98 valence electrons. The van der Waals surface area contributed by atoms with Gasteiger partial charge in [0.05, 0.1) is 0 Å². The van der Waals surface area contributed by atoms with Crippen LogP contribution in [0, 0.1) is 5.92 Å². The molecule has 2 N–H and O–H groups in total. The highest BCUT2D eigenvalue weighted by Gasteiger charge is 2.03. The standard InChI is InChI=1S/C14H31NO/c1-3-9-14(4-2)10-6-5-7-12-16-13-8-11-15/h14H,3-13,15H2,1-2H3. The van der Waals surface area contributed by atoms with Crippen molar-refractivity contribution >= 4 is 0 Å². The second-order valence-corrected chi connectivity index (χ2v) is 4.67. The van der Waals surface area contributed by atoms with E-state index in [0.29, 0.717) is 0 Å². The molecule has 0 aliphatic heterocycles. The molecule has 0 rings (SSSR count). The van der Waals surface area contributed by atoms with Crippen LogP contribution in [0.2, 0.25) is 0 Å². The van der Waals surface area contributed by atoms with Gasteiger partial charge in [-0.05, 0) is 25.3 Å². The van der Waals surface area contributed by atoms with Crippen LogP contribution in [0.25, 0.3) is 0 Å². The summed E-state index contributed by atoms with van der Waals surface area (Å²) in [6, 6.07) is 0. The fourth-order valence-electron chi connectivity index (χ4n) is 2.06. The Kier molecular flexibility index (Phi) is 12.9. The molecule has 16 heavy (non-hydrogen) atoms. The summed E-state index contributed by atoms with van der Waals surface area (Å²) < 4.78 is 5.47. The van der Waals surface area contributed by atoms with E-state index in [1.165, 1.54) is 44.9 Å². The molecule has 0 aromatic rings. The van der Waals surface area contributed by atoms with E-state index in [9.17, 15) is 0 Å². The van der Waals surface area contributed by atoms with E-state index >= 15 is 0 Å². The molecule has 1 atom stereocenters. The molecule has 0 saturated heterocycles. The van der Waals surface area contributed by atoms with Gasteiger partial charge >= 0.3 is 0 Å². The molecule has 0 radical (unpaired) electrons. The maximum absolute atomic E-state index is 5.47. The summed E-state index contributed by atoms with van der Waals surface area (Å²) in [6.45, 7) is 7.11. The SMILES string of the molecule is CCCC(CC)CCCCCOCCCN. The minimum Gasteiger partial charge on any atom is -0.381 e. The number of rotatable bonds is 12. The van der Waals surface area contributed by atoms with Crippen molar-refractivity contribution in [1.29, 1.82) is 0 Å². The summed E-state index contributed by atoms with van der Waals surface area (Å²) in [4.78, 5) is 0. The van der Waals surface area contributed by atoms with Gasteiger partial charge in [0.25, 0.3) is 0 Å². The molecule has 0 saturated carbocycles. The molecule has 0 spiro atoms. The maximum Gasteiger partial charge on any atom is 0.0478 e. The Labute approximate surface area is 102 Å². The highest BCUT2D eigenvalue weighted by atomic mass is 16.5. The second-order valence-electron chi connectivity index (χ2n) is 4.67. The number of hydrogen-bond donors (Lipinski definition) is 1. The number of nitrogens with two attached hydrogens (primary N) is 1. The van der Waals surface area contributed by atoms with E-state index in [0.717, 1.165) is 32.1 Å². The molecule has 0 amide bonds. The predicted molar refractivity (Wildman–Crippen MR) is 71.6 cm³/mol. The molecule has 0 heterocycles. The summed E-state index contributed by atoms with van der Waals surface area (Å²) >= 11 is 0. The Morgan fingerprint density at radius 3 is 2.31 bits per heavy atom. The smallest absolute Gasteiger partial charge is 0.0478 e. The van der Waals surface area contributed by atoms with Crippen molar-refractivity contribution in [1.82, 2.24) is 0 Å². The highest BCUT2D eigenvalue weighted by molar-refractivity contribution is 4.56. The average Bonchev–Trinajstić information content (AvgIpc) is 2.31. The zero-order valence-electron chi connectivity index (χ0n) is 11.3. The van der Waals surface area contributed by atoms with E-state index < -0.39 is 0 Å². The van der Waals surface area contributed by atoms with Crippen LogP contribution in [-0.2, 0) is 4.74 Å². The Balaban J connectivity index is 3.12. The van der Waals surface area contributed by atoms with Crippen LogP contribution >= 0.6 is 0 Å². The topological polar surface area (TPSA) is 35.2 Å². The van der Waals surface area contributed by atoms with E-state index in [4.69, 9.17) is 10.5 Å². The van der Waals surface area contributed by atoms with E-state index in [1.54, 1.807) is 0 Å². The lowest BCUT2D eigenvalue weighted by Gasteiger charge is -2.13. The fourth-order valence-corrected chi connectivity index (χ4v) is 2.06. The van der Waals surface area contributed by atoms with Crippen LogP contribution in [0.15, 0.2) is 0 Å². The highest BCUT2D eigenvalue weighted by Crippen LogP contribution is 2.18. The Hall–Kier alpha value is -0.0800. The predicted octanol–water partition coefficient (Wildman–Crippen LogP) is 3.74. The summed E-state index contributed by atoms with van der Waals surface area (Å²) in [5, 5.41) is 0. The largest absolute Gasteiger partial charge is 0.381 e. The van der Waals surface area contributed by atoms with E-state index in [1.807, 2.05) is 0 Å². The average molecular weight is 229 g/mol. The molecule has 0 bridgehead atoms. The Morgan fingerprint density at radius 1 is 0.938 bits per heavy atom. The van der Waals surface area contributed by atoms with Gasteiger partial charge in [0, 0.05) is 13.2 Å². The van der Waals surface area contributed by atoms with Crippen molar-refractivity contribution in [3.63, 3.8) is 0 Å². The first kappa shape index (κ1) is 15.9. The zero-order valence-corrected chi connectivity index (χ0v) is 11.3. The van der Waals surface area contributed by atoms with Crippen molar-refractivity contribution in [3.05, 3.63) is 0 Å². The minimum atomic E-state index is 0.745. The first-order valence-electron chi connectivity index (χ1n) is 7.12. The van der Waals surface area contributed by atoms with Gasteiger partial charge in [-0.15, -0.1) is 0 Å². The molecular weight excluding hydrogens is 198 g/mol. The van der Waals surface area contributed by atoms with Crippen molar-refractivity contribution in [2.75, 3.05) is 19.8 Å². The molecule has 2 nitrogen and oxygen atoms in total. The van der Waals surface area contributed by atoms with Gasteiger partial charge < -0.3 is 10.5 Å². The van der Waals surface area contributed by atoms with Crippen molar-refractivity contribution < 1.29 is 4.74 Å². The van der Waals surface area contributed by atoms with E-state index in [2.05, 4.69) is 13.8 Å². The summed E-state index contributed by atoms with van der Waals surface area (Å²) in [7, 11) is 0. The van der Waals surface area contributed by atoms with Crippen molar-refractivity contribution in [2.24, 2.45) is 11.7 Å². The summed E-state index contributed by atoms with van der Waals surface area (Å²) in [5.41, 5.74) is 5.39. The molecule has 0 aliphatic carbocycles. The molecule has 2 heteroatoms. The third kappa shape index (κ3) is 10.4. The lowest BCUT2D eigenvalue weighted by Crippen LogP contribution is -2.05. The summed E-state index contributed by atoms with van der Waals surface area (Å²) in [6.07, 6.45) is 10.4. The van der Waals surface area contributed by atoms with Crippen LogP contribution in [0.5, 0.6) is 0 Å². The molecule has 0 aliphatic rings. The Bertz CT molecular complexity index is 128. The van der Waals surface area contributed by atoms with Gasteiger partial charge in [-0.25, -0.2) is 0 Å². The van der Waals surface area contributed by atoms with E-state index in [-0.39, 0.29) is 0 Å². The Morgan fingerprint density at radius 2 is 1.69 bits per heavy atom. The van der Waals surface area contributed by atoms with Gasteiger partial charge in [0.1, 0.15) is 0 Å². The van der Waals surface area contributed by atoms with Crippen molar-refractivity contribution in [3.8, 4) is 0 Å². The normalized spacial score (nSPS) is 12.9. The first-order valence-corrected chi connectivity index (χ1v) is 7.12. The van der Waals surface area contributed by atoms with Gasteiger partial charge in [-0.2, -0.15) is 0 Å². The molecule has 1 unspecified atom stereocenters. The molecule has 0 aromatic heterocycles. The lowest BCUT2D eigenvalue weighted by atomic mass is 9.94. The lowest BCUT2D eigenvalue weighted by molar-refractivity contribution is 0.128. The number of hydrogen-bond acceptors (Lipinski definition) is 2. The van der Waals surface area contributed by atoms with Gasteiger partial charge in [-0.3, -0.25) is 0 Å². The van der Waals surface area contributed by atoms with Crippen LogP contribution in [0.1, 0.15) is 65.2 Å². The van der Waals surface area contributed by atoms with Crippen molar-refractivity contribution in [2.45, 2.75) is 65.2 Å². The molecule has 0 aromatic carbocycles. The van der Waals surface area contributed by atoms with Crippen LogP contribution in [-0.4, -0.2) is 19.8 Å². The monoisotopic (exact) mass is 229 g/mol. The van der Waals surface area contributed by atoms with Gasteiger partial charge in [0.2, 0.25) is 0 Å². The molecule has 0 fully saturated rings. The van der Waals surface area contributed by atoms with Crippen LogP contribution in [0.4, 0.5) is 0 Å².